The second-order valence-corrected chi connectivity index (χ2v) is 5.49. The molecule has 1 atom stereocenters. The normalized spacial score (nSPS) is 12.1. The first kappa shape index (κ1) is 15.6. The van der Waals surface area contributed by atoms with Gasteiger partial charge in [-0.3, -0.25) is 0 Å². The molecule has 0 saturated carbocycles. The topological polar surface area (TPSA) is 35.2 Å². The van der Waals surface area contributed by atoms with E-state index in [4.69, 9.17) is 10.5 Å². The number of rotatable bonds is 7. The van der Waals surface area contributed by atoms with Gasteiger partial charge in [0.05, 0.1) is 7.11 Å². The van der Waals surface area contributed by atoms with Crippen LogP contribution in [0.25, 0.3) is 0 Å². The zero-order valence-electron chi connectivity index (χ0n) is 13.0. The number of hydrogen-bond acceptors (Lipinski definition) is 2. The molecule has 2 N–H and O–H groups in total. The van der Waals surface area contributed by atoms with E-state index in [1.165, 1.54) is 23.1 Å². The Kier molecular flexibility index (Phi) is 5.82. The summed E-state index contributed by atoms with van der Waals surface area (Å²) in [5.74, 6) is 0.898. The number of ether oxygens (including phenoxy) is 1. The maximum Gasteiger partial charge on any atom is 0.118 e. The fraction of sp³-hybridized carbons (Fsp3) is 0.368. The van der Waals surface area contributed by atoms with E-state index in [1.54, 1.807) is 7.11 Å². The first-order chi connectivity index (χ1) is 10.2. The molecule has 2 aromatic rings. The first-order valence-corrected chi connectivity index (χ1v) is 7.70. The van der Waals surface area contributed by atoms with E-state index in [1.807, 2.05) is 12.1 Å². The van der Waals surface area contributed by atoms with Crippen molar-refractivity contribution in [2.45, 2.75) is 38.6 Å². The molecule has 1 unspecified atom stereocenters. The van der Waals surface area contributed by atoms with E-state index in [0.29, 0.717) is 0 Å². The molecule has 0 radical (unpaired) electrons. The molecule has 0 spiro atoms. The Bertz CT molecular complexity index is 548. The van der Waals surface area contributed by atoms with Gasteiger partial charge in [-0.2, -0.15) is 0 Å². The van der Waals surface area contributed by atoms with Crippen LogP contribution in [0.4, 0.5) is 0 Å². The molecule has 0 bridgehead atoms. The lowest BCUT2D eigenvalue weighted by atomic mass is 9.97. The van der Waals surface area contributed by atoms with Crippen molar-refractivity contribution < 1.29 is 4.74 Å². The molecule has 21 heavy (non-hydrogen) atoms. The van der Waals surface area contributed by atoms with Gasteiger partial charge in [-0.05, 0) is 48.1 Å². The maximum atomic E-state index is 6.34. The molecule has 0 amide bonds. The summed E-state index contributed by atoms with van der Waals surface area (Å²) in [5, 5.41) is 0. The van der Waals surface area contributed by atoms with Gasteiger partial charge in [-0.1, -0.05) is 49.7 Å². The van der Waals surface area contributed by atoms with Crippen molar-refractivity contribution in [3.63, 3.8) is 0 Å². The molecule has 2 nitrogen and oxygen atoms in total. The Morgan fingerprint density at radius 1 is 1.00 bits per heavy atom. The molecule has 0 aromatic heterocycles. The summed E-state index contributed by atoms with van der Waals surface area (Å²) in [5.41, 5.74) is 10.3. The van der Waals surface area contributed by atoms with Crippen LogP contribution in [0.3, 0.4) is 0 Å². The van der Waals surface area contributed by atoms with Crippen LogP contribution in [-0.2, 0) is 12.8 Å². The first-order valence-electron chi connectivity index (χ1n) is 7.70. The minimum atomic E-state index is 0.101. The zero-order valence-corrected chi connectivity index (χ0v) is 13.0. The summed E-state index contributed by atoms with van der Waals surface area (Å²) in [6, 6.07) is 17.0. The second-order valence-electron chi connectivity index (χ2n) is 5.49. The average Bonchev–Trinajstić information content (AvgIpc) is 2.53. The van der Waals surface area contributed by atoms with Gasteiger partial charge in [0, 0.05) is 6.04 Å². The molecular formula is C19H25NO. The highest BCUT2D eigenvalue weighted by atomic mass is 16.5. The van der Waals surface area contributed by atoms with Crippen LogP contribution in [0, 0.1) is 0 Å². The van der Waals surface area contributed by atoms with Crippen LogP contribution < -0.4 is 10.5 Å². The largest absolute Gasteiger partial charge is 0.497 e. The number of methoxy groups -OCH3 is 1. The van der Waals surface area contributed by atoms with Crippen LogP contribution in [0.5, 0.6) is 5.75 Å². The maximum absolute atomic E-state index is 6.34. The van der Waals surface area contributed by atoms with Crippen LogP contribution in [0.15, 0.2) is 48.5 Å². The van der Waals surface area contributed by atoms with Crippen molar-refractivity contribution in [1.82, 2.24) is 0 Å². The molecule has 0 fully saturated rings. The van der Waals surface area contributed by atoms with Crippen LogP contribution >= 0.6 is 0 Å². The number of hydrogen-bond donors (Lipinski definition) is 1. The third kappa shape index (κ3) is 4.61. The van der Waals surface area contributed by atoms with E-state index in [9.17, 15) is 0 Å². The monoisotopic (exact) mass is 283 g/mol. The van der Waals surface area contributed by atoms with Crippen LogP contribution in [0.1, 0.15) is 42.5 Å². The van der Waals surface area contributed by atoms with Gasteiger partial charge < -0.3 is 10.5 Å². The summed E-state index contributed by atoms with van der Waals surface area (Å²) in [4.78, 5) is 0. The SMILES string of the molecule is CCCc1cccc(C(N)CCc2ccc(OC)cc2)c1. The number of benzene rings is 2. The minimum Gasteiger partial charge on any atom is -0.497 e. The van der Waals surface area contributed by atoms with Crippen LogP contribution in [0.2, 0.25) is 0 Å². The average molecular weight is 283 g/mol. The molecule has 2 rings (SSSR count). The Labute approximate surface area is 127 Å². The molecule has 0 aliphatic heterocycles. The summed E-state index contributed by atoms with van der Waals surface area (Å²) in [6.07, 6.45) is 4.24. The summed E-state index contributed by atoms with van der Waals surface area (Å²) in [7, 11) is 1.69. The Balaban J connectivity index is 1.94. The third-order valence-corrected chi connectivity index (χ3v) is 3.82. The Morgan fingerprint density at radius 2 is 1.76 bits per heavy atom. The summed E-state index contributed by atoms with van der Waals surface area (Å²) < 4.78 is 5.18. The standard InChI is InChI=1S/C19H25NO/c1-3-5-16-6-4-7-17(14-16)19(20)13-10-15-8-11-18(21-2)12-9-15/h4,6-9,11-12,14,19H,3,5,10,13,20H2,1-2H3. The van der Waals surface area contributed by atoms with Gasteiger partial charge in [-0.15, -0.1) is 0 Å². The van der Waals surface area contributed by atoms with Gasteiger partial charge >= 0.3 is 0 Å². The van der Waals surface area contributed by atoms with Crippen LogP contribution in [-0.4, -0.2) is 7.11 Å². The van der Waals surface area contributed by atoms with Gasteiger partial charge in [0.2, 0.25) is 0 Å². The van der Waals surface area contributed by atoms with E-state index >= 15 is 0 Å². The van der Waals surface area contributed by atoms with E-state index < -0.39 is 0 Å². The van der Waals surface area contributed by atoms with Crippen molar-refractivity contribution >= 4 is 0 Å². The molecule has 0 aliphatic rings. The lowest BCUT2D eigenvalue weighted by Gasteiger charge is -2.13. The highest BCUT2D eigenvalue weighted by molar-refractivity contribution is 5.28. The molecule has 0 aliphatic carbocycles. The smallest absolute Gasteiger partial charge is 0.118 e. The zero-order chi connectivity index (χ0) is 15.1. The fourth-order valence-electron chi connectivity index (χ4n) is 2.55. The number of nitrogens with two attached hydrogens (primary N) is 1. The second kappa shape index (κ2) is 7.84. The predicted octanol–water partition coefficient (Wildman–Crippen LogP) is 4.28. The molecule has 2 aromatic carbocycles. The molecule has 2 heteroatoms. The fourth-order valence-corrected chi connectivity index (χ4v) is 2.55. The van der Waals surface area contributed by atoms with E-state index in [2.05, 4.69) is 43.3 Å². The molecular weight excluding hydrogens is 258 g/mol. The van der Waals surface area contributed by atoms with Crippen molar-refractivity contribution in [3.05, 3.63) is 65.2 Å². The lowest BCUT2D eigenvalue weighted by Crippen LogP contribution is -2.11. The van der Waals surface area contributed by atoms with Gasteiger partial charge in [0.1, 0.15) is 5.75 Å². The Hall–Kier alpha value is -1.80. The highest BCUT2D eigenvalue weighted by Crippen LogP contribution is 2.20. The number of aryl methyl sites for hydroxylation is 2. The van der Waals surface area contributed by atoms with Crippen molar-refractivity contribution in [2.75, 3.05) is 7.11 Å². The van der Waals surface area contributed by atoms with E-state index in [-0.39, 0.29) is 6.04 Å². The van der Waals surface area contributed by atoms with Crippen molar-refractivity contribution in [3.8, 4) is 5.75 Å². The summed E-state index contributed by atoms with van der Waals surface area (Å²) in [6.45, 7) is 2.20. The van der Waals surface area contributed by atoms with Crippen molar-refractivity contribution in [1.29, 1.82) is 0 Å². The van der Waals surface area contributed by atoms with Gasteiger partial charge in [0.15, 0.2) is 0 Å². The van der Waals surface area contributed by atoms with Gasteiger partial charge in [-0.25, -0.2) is 0 Å². The Morgan fingerprint density at radius 3 is 2.43 bits per heavy atom. The quantitative estimate of drug-likeness (QED) is 0.823. The van der Waals surface area contributed by atoms with Gasteiger partial charge in [0.25, 0.3) is 0 Å². The highest BCUT2D eigenvalue weighted by Gasteiger charge is 2.07. The molecule has 112 valence electrons. The summed E-state index contributed by atoms with van der Waals surface area (Å²) >= 11 is 0. The third-order valence-electron chi connectivity index (χ3n) is 3.82. The van der Waals surface area contributed by atoms with Crippen molar-refractivity contribution in [2.24, 2.45) is 5.73 Å². The molecule has 0 saturated heterocycles. The predicted molar refractivity (Wildman–Crippen MR) is 88.7 cm³/mol. The molecule has 0 heterocycles. The van der Waals surface area contributed by atoms with E-state index in [0.717, 1.165) is 25.0 Å². The lowest BCUT2D eigenvalue weighted by molar-refractivity contribution is 0.414. The minimum absolute atomic E-state index is 0.101.